The average molecular weight is 345 g/mol. The molecule has 0 saturated carbocycles. The van der Waals surface area contributed by atoms with Crippen LogP contribution in [-0.2, 0) is 11.2 Å². The number of fused-ring (bicyclic) bond motifs is 1. The number of ether oxygens (including phenoxy) is 1. The summed E-state index contributed by atoms with van der Waals surface area (Å²) in [4.78, 5) is 12.1. The molecule has 2 aromatic heterocycles. The zero-order chi connectivity index (χ0) is 16.9. The molecule has 0 spiro atoms. The number of aromatic nitrogens is 3. The number of carbonyl (C=O) groups is 1. The molecule has 0 fully saturated rings. The highest BCUT2D eigenvalue weighted by Gasteiger charge is 2.14. The van der Waals surface area contributed by atoms with Gasteiger partial charge in [-0.2, -0.15) is 0 Å². The number of nitrogens with one attached hydrogen (secondary N) is 1. The van der Waals surface area contributed by atoms with Gasteiger partial charge in [0.25, 0.3) is 5.91 Å². The van der Waals surface area contributed by atoms with E-state index in [2.05, 4.69) is 15.5 Å². The Hall–Kier alpha value is -2.60. The van der Waals surface area contributed by atoms with Gasteiger partial charge in [-0.15, -0.1) is 10.2 Å². The Labute approximate surface area is 144 Å². The second kappa shape index (κ2) is 7.31. The van der Waals surface area contributed by atoms with E-state index in [4.69, 9.17) is 16.3 Å². The predicted octanol–water partition coefficient (Wildman–Crippen LogP) is 2.51. The van der Waals surface area contributed by atoms with Gasteiger partial charge in [0.15, 0.2) is 11.8 Å². The van der Waals surface area contributed by atoms with Crippen LogP contribution in [0.1, 0.15) is 12.7 Å². The third-order valence-corrected chi connectivity index (χ3v) is 3.75. The Morgan fingerprint density at radius 2 is 2.17 bits per heavy atom. The largest absolute Gasteiger partial charge is 0.481 e. The molecule has 1 N–H and O–H groups in total. The van der Waals surface area contributed by atoms with E-state index < -0.39 is 6.10 Å². The average Bonchev–Trinajstić information content (AvgIpc) is 2.98. The monoisotopic (exact) mass is 344 g/mol. The van der Waals surface area contributed by atoms with Crippen LogP contribution in [0.3, 0.4) is 0 Å². The summed E-state index contributed by atoms with van der Waals surface area (Å²) < 4.78 is 7.49. The summed E-state index contributed by atoms with van der Waals surface area (Å²) in [6.45, 7) is 2.15. The summed E-state index contributed by atoms with van der Waals surface area (Å²) in [5.74, 6) is 1.17. The van der Waals surface area contributed by atoms with Crippen molar-refractivity contribution in [1.29, 1.82) is 0 Å². The van der Waals surface area contributed by atoms with Gasteiger partial charge in [-0.1, -0.05) is 23.7 Å². The van der Waals surface area contributed by atoms with Crippen molar-refractivity contribution in [1.82, 2.24) is 19.9 Å². The summed E-state index contributed by atoms with van der Waals surface area (Å²) in [5.41, 5.74) is 0.788. The van der Waals surface area contributed by atoms with Crippen LogP contribution in [0.4, 0.5) is 0 Å². The van der Waals surface area contributed by atoms with Gasteiger partial charge in [0.1, 0.15) is 11.6 Å². The molecule has 0 radical (unpaired) electrons. The summed E-state index contributed by atoms with van der Waals surface area (Å²) in [5, 5.41) is 11.6. The topological polar surface area (TPSA) is 68.5 Å². The highest BCUT2D eigenvalue weighted by Crippen LogP contribution is 2.18. The Morgan fingerprint density at radius 1 is 1.29 bits per heavy atom. The molecule has 3 aromatic rings. The molecule has 2 heterocycles. The lowest BCUT2D eigenvalue weighted by atomic mass is 10.3. The van der Waals surface area contributed by atoms with E-state index in [9.17, 15) is 4.79 Å². The molecule has 3 rings (SSSR count). The van der Waals surface area contributed by atoms with Crippen LogP contribution < -0.4 is 10.1 Å². The standard InChI is InChI=1S/C17H17ClN4O2/c1-12(24-14-6-4-5-13(18)11-14)17(23)19-9-8-16-21-20-15-7-2-3-10-22(15)16/h2-7,10-12H,8-9H2,1H3,(H,19,23)/t12-/m1/s1. The molecule has 0 aliphatic heterocycles. The number of nitrogens with zero attached hydrogens (tertiary/aromatic N) is 3. The normalized spacial score (nSPS) is 12.1. The van der Waals surface area contributed by atoms with Crippen LogP contribution in [0, 0.1) is 0 Å². The highest BCUT2D eigenvalue weighted by molar-refractivity contribution is 6.30. The predicted molar refractivity (Wildman–Crippen MR) is 91.2 cm³/mol. The van der Waals surface area contributed by atoms with Crippen molar-refractivity contribution in [3.8, 4) is 5.75 Å². The van der Waals surface area contributed by atoms with E-state index >= 15 is 0 Å². The molecule has 0 aliphatic carbocycles. The molecule has 0 saturated heterocycles. The Kier molecular flexibility index (Phi) is 4.96. The SMILES string of the molecule is C[C@@H](Oc1cccc(Cl)c1)C(=O)NCCc1nnc2ccccn12. The second-order valence-corrected chi connectivity index (χ2v) is 5.74. The third-order valence-electron chi connectivity index (χ3n) is 3.51. The first-order chi connectivity index (χ1) is 11.6. The minimum Gasteiger partial charge on any atom is -0.481 e. The van der Waals surface area contributed by atoms with Crippen LogP contribution in [0.25, 0.3) is 5.65 Å². The Bertz CT molecular complexity index is 849. The molecule has 1 aromatic carbocycles. The first-order valence-corrected chi connectivity index (χ1v) is 8.00. The maximum atomic E-state index is 12.1. The number of amides is 1. The van der Waals surface area contributed by atoms with Crippen LogP contribution >= 0.6 is 11.6 Å². The number of carbonyl (C=O) groups excluding carboxylic acids is 1. The van der Waals surface area contributed by atoms with Crippen LogP contribution in [0.15, 0.2) is 48.7 Å². The molecule has 0 aliphatic rings. The van der Waals surface area contributed by atoms with E-state index in [1.54, 1.807) is 31.2 Å². The first-order valence-electron chi connectivity index (χ1n) is 7.62. The number of rotatable bonds is 6. The van der Waals surface area contributed by atoms with Gasteiger partial charge >= 0.3 is 0 Å². The van der Waals surface area contributed by atoms with Crippen molar-refractivity contribution in [3.05, 3.63) is 59.5 Å². The van der Waals surface area contributed by atoms with Gasteiger partial charge in [-0.05, 0) is 37.3 Å². The maximum Gasteiger partial charge on any atom is 0.260 e. The summed E-state index contributed by atoms with van der Waals surface area (Å²) in [6, 6.07) is 12.7. The lowest BCUT2D eigenvalue weighted by molar-refractivity contribution is -0.127. The van der Waals surface area contributed by atoms with Gasteiger partial charge in [0.2, 0.25) is 0 Å². The van der Waals surface area contributed by atoms with E-state index in [0.29, 0.717) is 23.7 Å². The summed E-state index contributed by atoms with van der Waals surface area (Å²) in [7, 11) is 0. The number of halogens is 1. The van der Waals surface area contributed by atoms with Crippen LogP contribution in [0.5, 0.6) is 5.75 Å². The van der Waals surface area contributed by atoms with Crippen molar-refractivity contribution < 1.29 is 9.53 Å². The van der Waals surface area contributed by atoms with E-state index in [1.807, 2.05) is 28.8 Å². The van der Waals surface area contributed by atoms with E-state index in [-0.39, 0.29) is 5.91 Å². The van der Waals surface area contributed by atoms with Gasteiger partial charge in [0, 0.05) is 24.2 Å². The zero-order valence-corrected chi connectivity index (χ0v) is 13.9. The van der Waals surface area contributed by atoms with Crippen molar-refractivity contribution in [3.63, 3.8) is 0 Å². The number of benzene rings is 1. The van der Waals surface area contributed by atoms with Crippen LogP contribution in [-0.4, -0.2) is 33.2 Å². The van der Waals surface area contributed by atoms with Crippen molar-refractivity contribution in [2.45, 2.75) is 19.4 Å². The number of hydrogen-bond acceptors (Lipinski definition) is 4. The fourth-order valence-corrected chi connectivity index (χ4v) is 2.48. The lowest BCUT2D eigenvalue weighted by Gasteiger charge is -2.14. The molecular weight excluding hydrogens is 328 g/mol. The van der Waals surface area contributed by atoms with Gasteiger partial charge < -0.3 is 10.1 Å². The molecule has 0 unspecified atom stereocenters. The lowest BCUT2D eigenvalue weighted by Crippen LogP contribution is -2.37. The zero-order valence-electron chi connectivity index (χ0n) is 13.1. The number of hydrogen-bond donors (Lipinski definition) is 1. The van der Waals surface area contributed by atoms with Crippen LogP contribution in [0.2, 0.25) is 5.02 Å². The van der Waals surface area contributed by atoms with Crippen molar-refractivity contribution >= 4 is 23.2 Å². The van der Waals surface area contributed by atoms with E-state index in [1.165, 1.54) is 0 Å². The molecule has 6 nitrogen and oxygen atoms in total. The number of pyridine rings is 1. The minimum absolute atomic E-state index is 0.191. The Balaban J connectivity index is 1.51. The van der Waals surface area contributed by atoms with Gasteiger partial charge in [0.05, 0.1) is 0 Å². The molecule has 124 valence electrons. The second-order valence-electron chi connectivity index (χ2n) is 5.30. The first kappa shape index (κ1) is 16.3. The minimum atomic E-state index is -0.612. The molecule has 1 amide bonds. The van der Waals surface area contributed by atoms with Crippen molar-refractivity contribution in [2.75, 3.05) is 6.54 Å². The fraction of sp³-hybridized carbons (Fsp3) is 0.235. The van der Waals surface area contributed by atoms with Gasteiger partial charge in [-0.3, -0.25) is 9.20 Å². The van der Waals surface area contributed by atoms with Gasteiger partial charge in [-0.25, -0.2) is 0 Å². The quantitative estimate of drug-likeness (QED) is 0.746. The summed E-state index contributed by atoms with van der Waals surface area (Å²) in [6.07, 6.45) is 1.87. The third kappa shape index (κ3) is 3.83. The molecule has 1 atom stereocenters. The maximum absolute atomic E-state index is 12.1. The molecular formula is C17H17ClN4O2. The summed E-state index contributed by atoms with van der Waals surface area (Å²) >= 11 is 5.90. The van der Waals surface area contributed by atoms with Crippen molar-refractivity contribution in [2.24, 2.45) is 0 Å². The Morgan fingerprint density at radius 3 is 3.00 bits per heavy atom. The molecule has 7 heteroatoms. The smallest absolute Gasteiger partial charge is 0.260 e. The molecule has 24 heavy (non-hydrogen) atoms. The van der Waals surface area contributed by atoms with E-state index in [0.717, 1.165) is 11.5 Å². The fourth-order valence-electron chi connectivity index (χ4n) is 2.30. The molecule has 0 bridgehead atoms. The highest BCUT2D eigenvalue weighted by atomic mass is 35.5.